The van der Waals surface area contributed by atoms with Gasteiger partial charge in [0, 0.05) is 45.9 Å². The third kappa shape index (κ3) is 82.0. The summed E-state index contributed by atoms with van der Waals surface area (Å²) in [5.41, 5.74) is 0. The van der Waals surface area contributed by atoms with E-state index in [0.717, 1.165) is 12.8 Å². The molecule has 0 aromatic rings. The van der Waals surface area contributed by atoms with Crippen molar-refractivity contribution in [3.8, 4) is 0 Å². The first-order valence-corrected chi connectivity index (χ1v) is 8.43. The first-order chi connectivity index (χ1) is 11.3. The van der Waals surface area contributed by atoms with E-state index < -0.39 is 0 Å². The van der Waals surface area contributed by atoms with Crippen LogP contribution in [0.5, 0.6) is 0 Å². The Morgan fingerprint density at radius 3 is 1.52 bits per heavy atom. The Kier molecular flexibility index (Phi) is 113. The van der Waals surface area contributed by atoms with Crippen LogP contribution in [0.15, 0.2) is 6.08 Å². The van der Waals surface area contributed by atoms with Crippen molar-refractivity contribution in [2.45, 2.75) is 73.0 Å². The van der Waals surface area contributed by atoms with Gasteiger partial charge in [-0.15, -0.1) is 5.92 Å². The summed E-state index contributed by atoms with van der Waals surface area (Å²) >= 11 is 0. The van der Waals surface area contributed by atoms with E-state index in [0.29, 0.717) is 12.6 Å². The van der Waals surface area contributed by atoms with Crippen LogP contribution in [-0.4, -0.2) is 50.6 Å². The third-order valence-electron chi connectivity index (χ3n) is 2.95. The molecule has 0 aliphatic heterocycles. The average molecular weight is 831 g/mol. The van der Waals surface area contributed by atoms with Crippen molar-refractivity contribution < 1.29 is 94.3 Å². The third-order valence-corrected chi connectivity index (χ3v) is 2.95. The van der Waals surface area contributed by atoms with Gasteiger partial charge in [0.1, 0.15) is 0 Å². The molecule has 0 aromatic carbocycles. The van der Waals surface area contributed by atoms with E-state index in [2.05, 4.69) is 30.0 Å². The second-order valence-corrected chi connectivity index (χ2v) is 5.09. The monoisotopic (exact) mass is 831 g/mol. The summed E-state index contributed by atoms with van der Waals surface area (Å²) in [6.07, 6.45) is 9.68. The number of nitrogens with one attached hydrogen (secondary N) is 1. The minimum atomic E-state index is -0.273. The molecule has 3 unspecified atom stereocenters. The zero-order chi connectivity index (χ0) is 19.8. The second kappa shape index (κ2) is 57.0. The van der Waals surface area contributed by atoms with Gasteiger partial charge in [0.15, 0.2) is 0 Å². The topological polar surface area (TPSA) is 75.6 Å². The first-order valence-electron chi connectivity index (χ1n) is 8.43. The average Bonchev–Trinajstić information content (AvgIpc) is 2.62. The van der Waals surface area contributed by atoms with Gasteiger partial charge in [-0.1, -0.05) is 34.1 Å². The van der Waals surface area contributed by atoms with Gasteiger partial charge in [0.2, 0.25) is 0 Å². The molecule has 0 saturated carbocycles. The molecule has 0 aromatic heterocycles. The molecule has 0 fully saturated rings. The van der Waals surface area contributed by atoms with Crippen LogP contribution >= 0.6 is 0 Å². The summed E-state index contributed by atoms with van der Waals surface area (Å²) in [6.45, 7) is 12.2. The number of hydrogen-bond acceptors (Lipinski definition) is 5. The zero-order valence-electron chi connectivity index (χ0n) is 20.2. The molecule has 0 spiro atoms. The van der Waals surface area contributed by atoms with E-state index in [-0.39, 0.29) is 102 Å². The summed E-state index contributed by atoms with van der Waals surface area (Å²) in [5.74, 6) is 0.130. The van der Waals surface area contributed by atoms with Crippen LogP contribution in [0.1, 0.15) is 60.8 Å². The molecule has 0 aliphatic rings. The van der Waals surface area contributed by atoms with Gasteiger partial charge in [-0.2, -0.15) is 0 Å². The molecule has 1 radical (unpaired) electrons. The second-order valence-electron chi connectivity index (χ2n) is 5.09. The molecule has 8 heteroatoms. The van der Waals surface area contributed by atoms with Gasteiger partial charge in [-0.3, -0.25) is 12.6 Å². The molecule has 0 saturated heterocycles. The minimum Gasteiger partial charge on any atom is -0.542 e. The Morgan fingerprint density at radius 1 is 1.03 bits per heavy atom. The van der Waals surface area contributed by atoms with Gasteiger partial charge in [0.05, 0.1) is 12.7 Å². The molecule has 0 amide bonds. The Balaban J connectivity index is -0.0000000250. The van der Waals surface area contributed by atoms with E-state index in [1.807, 2.05) is 34.1 Å². The van der Waals surface area contributed by atoms with Crippen LogP contribution in [0.3, 0.4) is 0 Å². The van der Waals surface area contributed by atoms with Crippen LogP contribution in [-0.2, 0) is 89.2 Å². The van der Waals surface area contributed by atoms with Crippen molar-refractivity contribution in [2.75, 3.05) is 20.8 Å². The summed E-state index contributed by atoms with van der Waals surface area (Å²) in [5, 5.41) is 11.8. The Bertz CT molecular complexity index is 271. The van der Waals surface area contributed by atoms with Gasteiger partial charge in [-0.25, -0.2) is 6.92 Å². The van der Waals surface area contributed by atoms with E-state index in [1.165, 1.54) is 18.8 Å². The van der Waals surface area contributed by atoms with Crippen molar-refractivity contribution in [3.05, 3.63) is 27.0 Å². The Labute approximate surface area is 236 Å². The molecule has 0 aliphatic carbocycles. The fourth-order valence-electron chi connectivity index (χ4n) is 0.657. The van der Waals surface area contributed by atoms with E-state index in [1.54, 1.807) is 14.0 Å². The van der Waals surface area contributed by atoms with Gasteiger partial charge in [-0.05, 0) is 26.8 Å². The molecule has 173 valence electrons. The predicted octanol–water partition coefficient (Wildman–Crippen LogP) is 3.92. The van der Waals surface area contributed by atoms with E-state index in [4.69, 9.17) is 9.90 Å². The number of aliphatic hydroxyl groups is 1. The molecule has 5 nitrogen and oxygen atoms in total. The van der Waals surface area contributed by atoms with Gasteiger partial charge in [0.25, 0.3) is 0 Å². The molecular formula is C21H44NO4W2Y-. The fraction of sp³-hybridized carbons (Fsp3) is 0.714. The quantitative estimate of drug-likeness (QED) is 0.287. The maximum atomic E-state index is 9.61. The van der Waals surface area contributed by atoms with Crippen molar-refractivity contribution >= 4 is 12.6 Å². The largest absolute Gasteiger partial charge is 2.00 e. The SMILES string of the molecule is CCC(C)NC.CCC(C)[C-]=O.CCC(O)COC.C[C-]=C[C-]=O.[CH3-].[CH3-].[W+2].[W+2].[Y]. The predicted molar refractivity (Wildman–Crippen MR) is 114 cm³/mol. The smallest absolute Gasteiger partial charge is 0.542 e. The zero-order valence-corrected chi connectivity index (χ0v) is 28.9. The van der Waals surface area contributed by atoms with Crippen LogP contribution in [0, 0.1) is 26.8 Å². The van der Waals surface area contributed by atoms with Crippen LogP contribution in [0.2, 0.25) is 0 Å². The molecular weight excluding hydrogens is 787 g/mol. The van der Waals surface area contributed by atoms with Crippen molar-refractivity contribution in [1.82, 2.24) is 5.32 Å². The number of allylic oxidation sites excluding steroid dienone is 2. The standard InChI is InChI=1S/C5H13N.C5H12O2.C5H9O.C4H4O.2CH3.2W.Y/c1-4-5(2)6-3;1-3-5(6)4-7-2;1-3-5(2)4-6;1-2-3-4-5;;;;;/h5-6H,4H2,1-3H3;5-6H,3-4H2,1-2H3;5H,3H2,1-2H3;3H,1H3;2*1H3;;;/q;;-1;-2;2*-1;2*+2;. The molecule has 0 heterocycles. The number of carbonyl (C=O) groups excluding carboxylic acids is 2. The van der Waals surface area contributed by atoms with Crippen LogP contribution in [0.25, 0.3) is 0 Å². The summed E-state index contributed by atoms with van der Waals surface area (Å²) in [4.78, 5) is 18.8. The molecule has 29 heavy (non-hydrogen) atoms. The van der Waals surface area contributed by atoms with Crippen molar-refractivity contribution in [2.24, 2.45) is 5.92 Å². The summed E-state index contributed by atoms with van der Waals surface area (Å²) < 4.78 is 4.64. The number of methoxy groups -OCH3 is 1. The van der Waals surface area contributed by atoms with Gasteiger partial charge < -0.3 is 51.8 Å². The molecule has 0 rings (SSSR count). The summed E-state index contributed by atoms with van der Waals surface area (Å²) in [6, 6.07) is 0.685. The fourth-order valence-corrected chi connectivity index (χ4v) is 0.657. The number of ether oxygens (including phenoxy) is 1. The Morgan fingerprint density at radius 2 is 1.48 bits per heavy atom. The van der Waals surface area contributed by atoms with E-state index >= 15 is 0 Å². The van der Waals surface area contributed by atoms with Crippen LogP contribution < -0.4 is 5.32 Å². The summed E-state index contributed by atoms with van der Waals surface area (Å²) in [7, 11) is 3.56. The minimum absolute atomic E-state index is 0. The number of aliphatic hydroxyl groups excluding tert-OH is 1. The van der Waals surface area contributed by atoms with Crippen LogP contribution in [0.4, 0.5) is 0 Å². The number of rotatable bonds is 8. The number of hydrogen-bond donors (Lipinski definition) is 2. The maximum Gasteiger partial charge on any atom is 2.00 e. The van der Waals surface area contributed by atoms with E-state index in [9.17, 15) is 4.79 Å². The molecule has 3 atom stereocenters. The normalized spacial score (nSPS) is 10.8. The van der Waals surface area contributed by atoms with Gasteiger partial charge >= 0.3 is 42.1 Å². The van der Waals surface area contributed by atoms with Crippen molar-refractivity contribution in [3.63, 3.8) is 0 Å². The maximum absolute atomic E-state index is 9.61. The Hall–Kier alpha value is 1.44. The first kappa shape index (κ1) is 57.4. The molecule has 2 N–H and O–H groups in total. The molecule has 0 bridgehead atoms. The van der Waals surface area contributed by atoms with Crippen molar-refractivity contribution in [1.29, 1.82) is 0 Å².